The number of carbonyl (C=O) groups excluding carboxylic acids is 1. The fourth-order valence-electron chi connectivity index (χ4n) is 4.14. The molecule has 24 heavy (non-hydrogen) atoms. The van der Waals surface area contributed by atoms with Gasteiger partial charge < -0.3 is 14.8 Å². The van der Waals surface area contributed by atoms with Crippen molar-refractivity contribution in [3.63, 3.8) is 0 Å². The van der Waals surface area contributed by atoms with Gasteiger partial charge in [0.1, 0.15) is 11.6 Å². The van der Waals surface area contributed by atoms with E-state index in [4.69, 9.17) is 0 Å². The van der Waals surface area contributed by atoms with Crippen molar-refractivity contribution < 1.29 is 9.18 Å². The van der Waals surface area contributed by atoms with Gasteiger partial charge in [0.15, 0.2) is 0 Å². The van der Waals surface area contributed by atoms with E-state index >= 15 is 0 Å². The minimum Gasteiger partial charge on any atom is -0.342 e. The fraction of sp³-hybridized carbons (Fsp3) is 0.556. The Morgan fingerprint density at radius 1 is 1.33 bits per heavy atom. The van der Waals surface area contributed by atoms with Crippen LogP contribution in [0, 0.1) is 11.7 Å². The molecule has 0 saturated carbocycles. The molecule has 5 rings (SSSR count). The van der Waals surface area contributed by atoms with Gasteiger partial charge in [0.25, 0.3) is 0 Å². The second-order valence-corrected chi connectivity index (χ2v) is 7.21. The monoisotopic (exact) mass is 330 g/mol. The van der Waals surface area contributed by atoms with E-state index in [-0.39, 0.29) is 11.7 Å². The molecule has 6 heteroatoms. The summed E-state index contributed by atoms with van der Waals surface area (Å²) in [5.74, 6) is 1.29. The number of hydrogen-bond donors (Lipinski definition) is 1. The lowest BCUT2D eigenvalue weighted by Gasteiger charge is -2.36. The zero-order chi connectivity index (χ0) is 16.7. The van der Waals surface area contributed by atoms with Gasteiger partial charge in [-0.15, -0.1) is 0 Å². The van der Waals surface area contributed by atoms with Crippen LogP contribution >= 0.6 is 0 Å². The van der Waals surface area contributed by atoms with E-state index in [1.54, 1.807) is 6.07 Å². The molecule has 2 atom stereocenters. The van der Waals surface area contributed by atoms with Gasteiger partial charge in [-0.3, -0.25) is 4.79 Å². The molecule has 2 bridgehead atoms. The fourth-order valence-corrected chi connectivity index (χ4v) is 4.14. The van der Waals surface area contributed by atoms with E-state index in [9.17, 15) is 9.18 Å². The van der Waals surface area contributed by atoms with Gasteiger partial charge in [-0.2, -0.15) is 0 Å². The summed E-state index contributed by atoms with van der Waals surface area (Å²) in [5, 5.41) is 0. The normalized spacial score (nSPS) is 24.5. The molecule has 1 amide bonds. The number of carbonyl (C=O) groups is 1. The minimum absolute atomic E-state index is 0.214. The Morgan fingerprint density at radius 2 is 2.21 bits per heavy atom. The predicted molar refractivity (Wildman–Crippen MR) is 90.1 cm³/mol. The van der Waals surface area contributed by atoms with Crippen LogP contribution in [0.1, 0.15) is 25.1 Å². The summed E-state index contributed by atoms with van der Waals surface area (Å²) < 4.78 is 13.2. The molecule has 4 heterocycles. The smallest absolute Gasteiger partial charge is 0.223 e. The lowest BCUT2D eigenvalue weighted by atomic mass is 9.94. The highest BCUT2D eigenvalue weighted by molar-refractivity contribution is 5.78. The van der Waals surface area contributed by atoms with Gasteiger partial charge in [0.05, 0.1) is 11.0 Å². The second kappa shape index (κ2) is 6.16. The molecule has 0 radical (unpaired) electrons. The number of aromatic amines is 1. The molecule has 3 aliphatic heterocycles. The van der Waals surface area contributed by atoms with Crippen LogP contribution in [0.2, 0.25) is 0 Å². The molecule has 128 valence electrons. The molecule has 5 nitrogen and oxygen atoms in total. The number of aromatic nitrogens is 2. The summed E-state index contributed by atoms with van der Waals surface area (Å²) in [5.41, 5.74) is 1.43. The van der Waals surface area contributed by atoms with Gasteiger partial charge in [-0.1, -0.05) is 0 Å². The zero-order valence-electron chi connectivity index (χ0n) is 14.0. The number of amides is 1. The Kier molecular flexibility index (Phi) is 4.00. The summed E-state index contributed by atoms with van der Waals surface area (Å²) in [6.07, 6.45) is 3.37. The van der Waals surface area contributed by atoms with Crippen LogP contribution in [-0.2, 0) is 11.2 Å². The minimum atomic E-state index is -0.279. The Morgan fingerprint density at radius 3 is 3.08 bits per heavy atom. The molecule has 3 saturated heterocycles. The van der Waals surface area contributed by atoms with Crippen molar-refractivity contribution >= 4 is 16.9 Å². The molecule has 3 fully saturated rings. The molecule has 1 N–H and O–H groups in total. The van der Waals surface area contributed by atoms with Crippen molar-refractivity contribution in [2.75, 3.05) is 26.7 Å². The highest BCUT2D eigenvalue weighted by Gasteiger charge is 2.35. The van der Waals surface area contributed by atoms with Crippen LogP contribution in [-0.4, -0.2) is 58.4 Å². The Hall–Kier alpha value is -1.95. The first kappa shape index (κ1) is 15.6. The third kappa shape index (κ3) is 3.02. The van der Waals surface area contributed by atoms with Crippen LogP contribution in [0.3, 0.4) is 0 Å². The number of halogens is 1. The van der Waals surface area contributed by atoms with Gasteiger partial charge in [0.2, 0.25) is 5.91 Å². The average molecular weight is 330 g/mol. The lowest BCUT2D eigenvalue weighted by molar-refractivity contribution is -0.135. The molecule has 0 aliphatic carbocycles. The first-order chi connectivity index (χ1) is 11.6. The van der Waals surface area contributed by atoms with Crippen molar-refractivity contribution in [3.05, 3.63) is 29.8 Å². The molecule has 1 aromatic carbocycles. The van der Waals surface area contributed by atoms with Gasteiger partial charge >= 0.3 is 0 Å². The van der Waals surface area contributed by atoms with E-state index in [1.807, 2.05) is 0 Å². The summed E-state index contributed by atoms with van der Waals surface area (Å²) in [6, 6.07) is 4.86. The predicted octanol–water partition coefficient (Wildman–Crippen LogP) is 2.19. The highest BCUT2D eigenvalue weighted by Crippen LogP contribution is 2.28. The van der Waals surface area contributed by atoms with Crippen molar-refractivity contribution in [3.8, 4) is 0 Å². The Labute approximate surface area is 140 Å². The number of imidazole rings is 1. The summed E-state index contributed by atoms with van der Waals surface area (Å²) in [4.78, 5) is 24.7. The molecule has 0 spiro atoms. The number of rotatable bonds is 3. The molecule has 0 unspecified atom stereocenters. The molecular weight excluding hydrogens is 307 g/mol. The van der Waals surface area contributed by atoms with Crippen LogP contribution in [0.5, 0.6) is 0 Å². The second-order valence-electron chi connectivity index (χ2n) is 7.21. The zero-order valence-corrected chi connectivity index (χ0v) is 14.0. The number of nitrogens with zero attached hydrogens (tertiary/aromatic N) is 3. The third-order valence-electron chi connectivity index (χ3n) is 5.29. The number of fused-ring (bicyclic) bond motifs is 5. The van der Waals surface area contributed by atoms with Gasteiger partial charge in [-0.25, -0.2) is 9.37 Å². The number of piperidine rings is 1. The van der Waals surface area contributed by atoms with E-state index in [1.165, 1.54) is 18.6 Å². The third-order valence-corrected chi connectivity index (χ3v) is 5.29. The van der Waals surface area contributed by atoms with E-state index < -0.39 is 0 Å². The maximum Gasteiger partial charge on any atom is 0.223 e. The number of H-pyrrole nitrogens is 1. The first-order valence-electron chi connectivity index (χ1n) is 8.70. The maximum absolute atomic E-state index is 13.2. The van der Waals surface area contributed by atoms with E-state index in [0.717, 1.165) is 37.4 Å². The molecule has 3 aliphatic rings. The van der Waals surface area contributed by atoms with Crippen molar-refractivity contribution in [2.24, 2.45) is 5.92 Å². The van der Waals surface area contributed by atoms with Crippen molar-refractivity contribution in [1.29, 1.82) is 0 Å². The van der Waals surface area contributed by atoms with Gasteiger partial charge in [0, 0.05) is 38.5 Å². The Bertz CT molecular complexity index is 759. The SMILES string of the molecule is CN1C[C@@H]2CC[C@H](C1)N(C(=O)CCc1nc3ccc(F)cc3[nH]1)C2. The largest absolute Gasteiger partial charge is 0.342 e. The first-order valence-corrected chi connectivity index (χ1v) is 8.70. The average Bonchev–Trinajstić information content (AvgIpc) is 2.77. The van der Waals surface area contributed by atoms with Crippen molar-refractivity contribution in [2.45, 2.75) is 31.7 Å². The van der Waals surface area contributed by atoms with Crippen molar-refractivity contribution in [1.82, 2.24) is 19.8 Å². The summed E-state index contributed by atoms with van der Waals surface area (Å²) in [6.45, 7) is 2.96. The van der Waals surface area contributed by atoms with Crippen LogP contribution in [0.25, 0.3) is 11.0 Å². The van der Waals surface area contributed by atoms with E-state index in [0.29, 0.717) is 30.3 Å². The topological polar surface area (TPSA) is 52.2 Å². The standard InChI is InChI=1S/C18H23FN4O/c1-22-9-12-2-4-14(11-22)23(10-12)18(24)7-6-17-20-15-5-3-13(19)8-16(15)21-17/h3,5,8,12,14H,2,4,6-7,9-11H2,1H3,(H,20,21)/t12-,14+/m0/s1. The van der Waals surface area contributed by atoms with Crippen LogP contribution in [0.4, 0.5) is 4.39 Å². The lowest BCUT2D eigenvalue weighted by Crippen LogP contribution is -2.47. The number of aryl methyl sites for hydroxylation is 1. The number of nitrogens with one attached hydrogen (secondary N) is 1. The van der Waals surface area contributed by atoms with Crippen LogP contribution in [0.15, 0.2) is 18.2 Å². The van der Waals surface area contributed by atoms with Crippen LogP contribution < -0.4 is 0 Å². The highest BCUT2D eigenvalue weighted by atomic mass is 19.1. The number of benzene rings is 1. The number of likely N-dealkylation sites (N-methyl/N-ethyl adjacent to an activating group) is 1. The molecular formula is C18H23FN4O. The van der Waals surface area contributed by atoms with Gasteiger partial charge in [-0.05, 0) is 44.0 Å². The molecule has 2 aromatic rings. The number of hydrogen-bond acceptors (Lipinski definition) is 3. The Balaban J connectivity index is 1.42. The quantitative estimate of drug-likeness (QED) is 0.938. The molecule has 1 aromatic heterocycles. The maximum atomic E-state index is 13.2. The summed E-state index contributed by atoms with van der Waals surface area (Å²) in [7, 11) is 2.15. The van der Waals surface area contributed by atoms with E-state index in [2.05, 4.69) is 26.8 Å². The summed E-state index contributed by atoms with van der Waals surface area (Å²) >= 11 is 0.